The van der Waals surface area contributed by atoms with Crippen molar-refractivity contribution < 1.29 is 4.79 Å². The molecule has 0 bridgehead atoms. The van der Waals surface area contributed by atoms with E-state index in [0.717, 1.165) is 11.5 Å². The van der Waals surface area contributed by atoms with Crippen LogP contribution in [0.4, 0.5) is 4.79 Å². The predicted molar refractivity (Wildman–Crippen MR) is 98.7 cm³/mol. The topological polar surface area (TPSA) is 102 Å². The number of aryl methyl sites for hydroxylation is 1. The molecule has 1 saturated heterocycles. The molecule has 0 radical (unpaired) electrons. The van der Waals surface area contributed by atoms with Crippen LogP contribution in [-0.2, 0) is 0 Å². The molecule has 1 aromatic heterocycles. The molecular weight excluding hydrogens is 352 g/mol. The van der Waals surface area contributed by atoms with Crippen molar-refractivity contribution in [1.29, 1.82) is 5.41 Å². The Labute approximate surface area is 154 Å². The lowest BCUT2D eigenvalue weighted by atomic mass is 10.1. The quantitative estimate of drug-likeness (QED) is 0.829. The number of likely N-dealkylation sites (N-methyl/N-ethyl adjacent to an activating group) is 2. The van der Waals surface area contributed by atoms with E-state index < -0.39 is 6.17 Å². The summed E-state index contributed by atoms with van der Waals surface area (Å²) in [5, 5.41) is 21.1. The number of amidine groups is 2. The molecule has 9 nitrogen and oxygen atoms in total. The average molecular weight is 370 g/mol. The molecule has 0 aliphatic carbocycles. The van der Waals surface area contributed by atoms with E-state index in [2.05, 4.69) is 20.5 Å². The number of hydrogen-bond acceptors (Lipinski definition) is 7. The number of urea groups is 1. The number of para-hydroxylation sites is 1. The van der Waals surface area contributed by atoms with E-state index in [1.54, 1.807) is 14.1 Å². The summed E-state index contributed by atoms with van der Waals surface area (Å²) < 4.78 is 1.95. The first-order valence-corrected chi connectivity index (χ1v) is 8.87. The summed E-state index contributed by atoms with van der Waals surface area (Å²) in [6, 6.07) is 9.25. The van der Waals surface area contributed by atoms with Crippen LogP contribution in [0.5, 0.6) is 0 Å². The van der Waals surface area contributed by atoms with Gasteiger partial charge in [0.25, 0.3) is 0 Å². The molecule has 3 heterocycles. The lowest BCUT2D eigenvalue weighted by molar-refractivity contribution is 0.158. The Morgan fingerprint density at radius 2 is 1.92 bits per heavy atom. The second kappa shape index (κ2) is 6.13. The third-order valence-corrected chi connectivity index (χ3v) is 5.33. The molecule has 10 heteroatoms. The van der Waals surface area contributed by atoms with Gasteiger partial charge in [0.1, 0.15) is 17.7 Å². The Morgan fingerprint density at radius 3 is 2.65 bits per heavy atom. The van der Waals surface area contributed by atoms with Crippen LogP contribution in [0.2, 0.25) is 0 Å². The lowest BCUT2D eigenvalue weighted by Gasteiger charge is -2.38. The Kier molecular flexibility index (Phi) is 3.91. The minimum Gasteiger partial charge on any atom is -0.351 e. The summed E-state index contributed by atoms with van der Waals surface area (Å²) in [7, 11) is 3.29. The first-order valence-electron chi connectivity index (χ1n) is 8.06. The molecule has 0 saturated carbocycles. The standard InChI is InChI=1S/C16H18N8OS/c1-9-20-21-15(24(9)10-7-5-4-6-8-10)26-14-18-11-12(17)22(2)16(25)23(3)13(11)19-14/h4-8,11,13,17H,1-3H3,(H,18,19). The molecule has 2 amide bonds. The summed E-state index contributed by atoms with van der Waals surface area (Å²) in [6.45, 7) is 1.89. The number of carbonyl (C=O) groups is 1. The van der Waals surface area contributed by atoms with Gasteiger partial charge in [-0.3, -0.25) is 14.9 Å². The molecule has 2 atom stereocenters. The van der Waals surface area contributed by atoms with Crippen LogP contribution in [0, 0.1) is 12.3 Å². The van der Waals surface area contributed by atoms with Crippen molar-refractivity contribution in [1.82, 2.24) is 29.9 Å². The summed E-state index contributed by atoms with van der Waals surface area (Å²) >= 11 is 1.34. The highest BCUT2D eigenvalue weighted by Crippen LogP contribution is 2.28. The maximum absolute atomic E-state index is 12.2. The third-order valence-electron chi connectivity index (χ3n) is 4.47. The molecule has 0 spiro atoms. The Balaban J connectivity index is 1.62. The van der Waals surface area contributed by atoms with Gasteiger partial charge in [-0.05, 0) is 30.8 Å². The van der Waals surface area contributed by atoms with Gasteiger partial charge in [0.2, 0.25) is 5.16 Å². The van der Waals surface area contributed by atoms with Gasteiger partial charge < -0.3 is 10.2 Å². The van der Waals surface area contributed by atoms with E-state index in [-0.39, 0.29) is 17.9 Å². The van der Waals surface area contributed by atoms with E-state index in [1.165, 1.54) is 21.6 Å². The van der Waals surface area contributed by atoms with Crippen molar-refractivity contribution in [2.24, 2.45) is 4.99 Å². The highest BCUT2D eigenvalue weighted by atomic mass is 32.2. The number of rotatable bonds is 2. The first kappa shape index (κ1) is 16.6. The van der Waals surface area contributed by atoms with E-state index in [0.29, 0.717) is 10.3 Å². The number of aliphatic imine (C=N–C) groups is 1. The lowest BCUT2D eigenvalue weighted by Crippen LogP contribution is -2.62. The smallest absolute Gasteiger partial charge is 0.326 e. The van der Waals surface area contributed by atoms with E-state index in [1.807, 2.05) is 41.8 Å². The van der Waals surface area contributed by atoms with Crippen molar-refractivity contribution in [3.05, 3.63) is 36.2 Å². The van der Waals surface area contributed by atoms with Crippen LogP contribution in [0.15, 0.2) is 40.5 Å². The van der Waals surface area contributed by atoms with Gasteiger partial charge in [-0.2, -0.15) is 0 Å². The average Bonchev–Trinajstić information content (AvgIpc) is 3.23. The molecule has 2 N–H and O–H groups in total. The largest absolute Gasteiger partial charge is 0.351 e. The zero-order valence-corrected chi connectivity index (χ0v) is 15.4. The zero-order chi connectivity index (χ0) is 18.4. The normalized spacial score (nSPS) is 22.3. The number of carbonyl (C=O) groups excluding carboxylic acids is 1. The molecule has 26 heavy (non-hydrogen) atoms. The maximum atomic E-state index is 12.2. The van der Waals surface area contributed by atoms with E-state index in [9.17, 15) is 4.79 Å². The number of thioether (sulfide) groups is 1. The number of amides is 2. The minimum absolute atomic E-state index is 0.207. The molecule has 1 aromatic carbocycles. The number of benzene rings is 1. The highest BCUT2D eigenvalue weighted by molar-refractivity contribution is 8.13. The summed E-state index contributed by atoms with van der Waals surface area (Å²) in [4.78, 5) is 19.6. The van der Waals surface area contributed by atoms with Gasteiger partial charge in [0.15, 0.2) is 11.3 Å². The monoisotopic (exact) mass is 370 g/mol. The van der Waals surface area contributed by atoms with Crippen LogP contribution in [0.3, 0.4) is 0 Å². The van der Waals surface area contributed by atoms with Crippen molar-refractivity contribution in [3.8, 4) is 5.69 Å². The van der Waals surface area contributed by atoms with E-state index in [4.69, 9.17) is 5.41 Å². The van der Waals surface area contributed by atoms with Crippen molar-refractivity contribution in [2.45, 2.75) is 24.3 Å². The van der Waals surface area contributed by atoms with Gasteiger partial charge in [-0.15, -0.1) is 10.2 Å². The SMILES string of the molecule is Cc1nnc(SC2=NC3C(N2)C(=N)N(C)C(=O)N3C)n1-c1ccccc1. The van der Waals surface area contributed by atoms with Crippen LogP contribution in [-0.4, -0.2) is 67.9 Å². The van der Waals surface area contributed by atoms with Gasteiger partial charge in [-0.25, -0.2) is 9.79 Å². The fourth-order valence-electron chi connectivity index (χ4n) is 3.05. The maximum Gasteiger partial charge on any atom is 0.326 e. The van der Waals surface area contributed by atoms with Crippen molar-refractivity contribution in [2.75, 3.05) is 14.1 Å². The molecule has 134 valence electrons. The third kappa shape index (κ3) is 2.53. The Bertz CT molecular complexity index is 908. The van der Waals surface area contributed by atoms with Gasteiger partial charge >= 0.3 is 6.03 Å². The molecule has 4 rings (SSSR count). The van der Waals surface area contributed by atoms with Crippen molar-refractivity contribution in [3.63, 3.8) is 0 Å². The number of nitrogens with one attached hydrogen (secondary N) is 2. The van der Waals surface area contributed by atoms with Crippen molar-refractivity contribution >= 4 is 28.8 Å². The molecule has 2 aliphatic rings. The predicted octanol–water partition coefficient (Wildman–Crippen LogP) is 1.30. The fourth-order valence-corrected chi connectivity index (χ4v) is 3.98. The van der Waals surface area contributed by atoms with Crippen LogP contribution >= 0.6 is 11.8 Å². The second-order valence-electron chi connectivity index (χ2n) is 6.11. The zero-order valence-electron chi connectivity index (χ0n) is 14.5. The summed E-state index contributed by atoms with van der Waals surface area (Å²) in [5.41, 5.74) is 0.966. The fraction of sp³-hybridized carbons (Fsp3) is 0.312. The summed E-state index contributed by atoms with van der Waals surface area (Å²) in [5.74, 6) is 0.979. The number of aromatic nitrogens is 3. The van der Waals surface area contributed by atoms with E-state index >= 15 is 0 Å². The minimum atomic E-state index is -0.428. The number of nitrogens with zero attached hydrogens (tertiary/aromatic N) is 6. The van der Waals surface area contributed by atoms with Gasteiger partial charge in [-0.1, -0.05) is 18.2 Å². The second-order valence-corrected chi connectivity index (χ2v) is 7.07. The Hall–Kier alpha value is -2.88. The molecule has 2 aromatic rings. The Morgan fingerprint density at radius 1 is 1.19 bits per heavy atom. The molecular formula is C16H18N8OS. The van der Waals surface area contributed by atoms with Crippen LogP contribution in [0.25, 0.3) is 5.69 Å². The molecule has 2 unspecified atom stereocenters. The first-order chi connectivity index (χ1) is 12.5. The van der Waals surface area contributed by atoms with Gasteiger partial charge in [0, 0.05) is 19.8 Å². The number of fused-ring (bicyclic) bond motifs is 1. The summed E-state index contributed by atoms with van der Waals surface area (Å²) in [6.07, 6.45) is -0.428. The number of hydrogen-bond donors (Lipinski definition) is 2. The van der Waals surface area contributed by atoms with Crippen LogP contribution < -0.4 is 5.32 Å². The van der Waals surface area contributed by atoms with Gasteiger partial charge in [0.05, 0.1) is 0 Å². The molecule has 1 fully saturated rings. The highest BCUT2D eigenvalue weighted by Gasteiger charge is 2.45. The molecule has 2 aliphatic heterocycles. The van der Waals surface area contributed by atoms with Crippen LogP contribution in [0.1, 0.15) is 5.82 Å².